The minimum absolute atomic E-state index is 0.625. The van der Waals surface area contributed by atoms with Crippen molar-refractivity contribution in [3.05, 3.63) is 77.9 Å². The van der Waals surface area contributed by atoms with Crippen LogP contribution in [0.25, 0.3) is 10.8 Å². The molecule has 0 saturated heterocycles. The van der Waals surface area contributed by atoms with Gasteiger partial charge in [-0.25, -0.2) is 0 Å². The van der Waals surface area contributed by atoms with Crippen LogP contribution in [-0.4, -0.2) is 6.61 Å². The van der Waals surface area contributed by atoms with E-state index >= 15 is 0 Å². The predicted octanol–water partition coefficient (Wildman–Crippen LogP) is 4.33. The number of rotatable bonds is 4. The summed E-state index contributed by atoms with van der Waals surface area (Å²) in [7, 11) is 0. The fraction of sp³-hybridized carbons (Fsp3) is 0.105. The van der Waals surface area contributed by atoms with E-state index < -0.39 is 0 Å². The van der Waals surface area contributed by atoms with Gasteiger partial charge in [-0.05, 0) is 29.1 Å². The Balaban J connectivity index is 1.68. The molecule has 0 aliphatic carbocycles. The average Bonchev–Trinajstić information content (AvgIpc) is 2.56. The molecule has 0 radical (unpaired) electrons. The molecule has 0 saturated carbocycles. The van der Waals surface area contributed by atoms with Crippen molar-refractivity contribution in [2.24, 2.45) is 0 Å². The van der Waals surface area contributed by atoms with Gasteiger partial charge in [0, 0.05) is 11.8 Å². The van der Waals surface area contributed by atoms with Crippen LogP contribution in [0.15, 0.2) is 66.7 Å². The number of ether oxygens (including phenoxy) is 1. The minimum atomic E-state index is 0.625. The van der Waals surface area contributed by atoms with Crippen LogP contribution in [-0.2, 0) is 6.42 Å². The first kappa shape index (κ1) is 13.2. The van der Waals surface area contributed by atoms with E-state index in [9.17, 15) is 0 Å². The highest BCUT2D eigenvalue weighted by molar-refractivity contribution is 5.88. The molecular formula is C19H15NO. The molecule has 2 heteroatoms. The van der Waals surface area contributed by atoms with Gasteiger partial charge in [-0.2, -0.15) is 5.26 Å². The Hall–Kier alpha value is -2.79. The Morgan fingerprint density at radius 1 is 0.857 bits per heavy atom. The third-order valence-corrected chi connectivity index (χ3v) is 3.48. The molecule has 0 bridgehead atoms. The fourth-order valence-electron chi connectivity index (χ4n) is 2.35. The first-order chi connectivity index (χ1) is 10.4. The topological polar surface area (TPSA) is 33.0 Å². The highest BCUT2D eigenvalue weighted by atomic mass is 16.5. The summed E-state index contributed by atoms with van der Waals surface area (Å²) in [4.78, 5) is 0. The van der Waals surface area contributed by atoms with E-state index in [-0.39, 0.29) is 0 Å². The molecule has 3 rings (SSSR count). The lowest BCUT2D eigenvalue weighted by Crippen LogP contribution is -2.01. The van der Waals surface area contributed by atoms with Gasteiger partial charge in [-0.3, -0.25) is 0 Å². The molecule has 102 valence electrons. The highest BCUT2D eigenvalue weighted by Gasteiger charge is 2.01. The number of nitriles is 1. The molecule has 3 aromatic carbocycles. The molecule has 0 heterocycles. The van der Waals surface area contributed by atoms with E-state index in [2.05, 4.69) is 24.3 Å². The summed E-state index contributed by atoms with van der Waals surface area (Å²) in [6.45, 7) is 0.625. The second kappa shape index (κ2) is 6.11. The Morgan fingerprint density at radius 3 is 2.43 bits per heavy atom. The lowest BCUT2D eigenvalue weighted by molar-refractivity contribution is 0.326. The summed E-state index contributed by atoms with van der Waals surface area (Å²) in [5.74, 6) is 0.918. The quantitative estimate of drug-likeness (QED) is 0.708. The van der Waals surface area contributed by atoms with E-state index in [0.29, 0.717) is 12.2 Å². The van der Waals surface area contributed by atoms with Crippen molar-refractivity contribution in [1.82, 2.24) is 0 Å². The maximum atomic E-state index is 8.78. The molecule has 0 atom stereocenters. The molecule has 21 heavy (non-hydrogen) atoms. The number of hydrogen-bond donors (Lipinski definition) is 0. The number of hydrogen-bond acceptors (Lipinski definition) is 2. The second-order valence-electron chi connectivity index (χ2n) is 4.88. The minimum Gasteiger partial charge on any atom is -0.493 e. The first-order valence-electron chi connectivity index (χ1n) is 6.96. The predicted molar refractivity (Wildman–Crippen MR) is 84.3 cm³/mol. The van der Waals surface area contributed by atoms with E-state index in [1.54, 1.807) is 0 Å². The van der Waals surface area contributed by atoms with Crippen LogP contribution in [0.3, 0.4) is 0 Å². The van der Waals surface area contributed by atoms with Crippen molar-refractivity contribution in [3.63, 3.8) is 0 Å². The van der Waals surface area contributed by atoms with E-state index in [1.807, 2.05) is 48.5 Å². The van der Waals surface area contributed by atoms with Crippen LogP contribution in [0, 0.1) is 11.3 Å². The standard InChI is InChI=1S/C19H15NO/c20-14-16-10-8-15(9-11-16)12-13-21-19-7-3-5-17-4-1-2-6-18(17)19/h1-11H,12-13H2. The van der Waals surface area contributed by atoms with Gasteiger partial charge in [-0.15, -0.1) is 0 Å². The number of benzene rings is 3. The van der Waals surface area contributed by atoms with E-state index in [4.69, 9.17) is 10.00 Å². The summed E-state index contributed by atoms with van der Waals surface area (Å²) in [5.41, 5.74) is 1.86. The molecule has 0 fully saturated rings. The lowest BCUT2D eigenvalue weighted by atomic mass is 10.1. The van der Waals surface area contributed by atoms with Gasteiger partial charge in [0.05, 0.1) is 18.2 Å². The molecular weight excluding hydrogens is 258 g/mol. The third kappa shape index (κ3) is 3.04. The van der Waals surface area contributed by atoms with Gasteiger partial charge in [-0.1, -0.05) is 48.5 Å². The molecule has 0 aliphatic heterocycles. The van der Waals surface area contributed by atoms with Gasteiger partial charge < -0.3 is 4.74 Å². The largest absolute Gasteiger partial charge is 0.493 e. The molecule has 3 aromatic rings. The Bertz CT molecular complexity index is 779. The van der Waals surface area contributed by atoms with Crippen molar-refractivity contribution in [1.29, 1.82) is 5.26 Å². The van der Waals surface area contributed by atoms with Gasteiger partial charge in [0.25, 0.3) is 0 Å². The molecule has 0 aromatic heterocycles. The summed E-state index contributed by atoms with van der Waals surface area (Å²) in [5, 5.41) is 11.1. The monoisotopic (exact) mass is 273 g/mol. The molecule has 0 unspecified atom stereocenters. The lowest BCUT2D eigenvalue weighted by Gasteiger charge is -2.09. The van der Waals surface area contributed by atoms with Gasteiger partial charge in [0.1, 0.15) is 5.75 Å². The van der Waals surface area contributed by atoms with Crippen LogP contribution in [0.4, 0.5) is 0 Å². The fourth-order valence-corrected chi connectivity index (χ4v) is 2.35. The smallest absolute Gasteiger partial charge is 0.127 e. The maximum absolute atomic E-state index is 8.78. The van der Waals surface area contributed by atoms with Crippen LogP contribution in [0.2, 0.25) is 0 Å². The second-order valence-corrected chi connectivity index (χ2v) is 4.88. The van der Waals surface area contributed by atoms with Crippen molar-refractivity contribution < 1.29 is 4.74 Å². The van der Waals surface area contributed by atoms with Gasteiger partial charge in [0.15, 0.2) is 0 Å². The zero-order valence-electron chi connectivity index (χ0n) is 11.6. The number of fused-ring (bicyclic) bond motifs is 1. The molecule has 0 aliphatic rings. The van der Waals surface area contributed by atoms with Crippen LogP contribution in [0.5, 0.6) is 5.75 Å². The van der Waals surface area contributed by atoms with E-state index in [1.165, 1.54) is 10.9 Å². The average molecular weight is 273 g/mol. The summed E-state index contributed by atoms with van der Waals surface area (Å²) in [6, 6.07) is 24.1. The summed E-state index contributed by atoms with van der Waals surface area (Å²) in [6.07, 6.45) is 0.828. The molecule has 0 amide bonds. The summed E-state index contributed by atoms with van der Waals surface area (Å²) < 4.78 is 5.91. The van der Waals surface area contributed by atoms with Gasteiger partial charge in [0.2, 0.25) is 0 Å². The maximum Gasteiger partial charge on any atom is 0.127 e. The van der Waals surface area contributed by atoms with Crippen LogP contribution in [0.1, 0.15) is 11.1 Å². The zero-order valence-corrected chi connectivity index (χ0v) is 11.6. The Kier molecular flexibility index (Phi) is 3.84. The van der Waals surface area contributed by atoms with Crippen LogP contribution < -0.4 is 4.74 Å². The van der Waals surface area contributed by atoms with Crippen molar-refractivity contribution in [2.75, 3.05) is 6.61 Å². The van der Waals surface area contributed by atoms with Crippen molar-refractivity contribution in [2.45, 2.75) is 6.42 Å². The van der Waals surface area contributed by atoms with Crippen molar-refractivity contribution >= 4 is 10.8 Å². The SMILES string of the molecule is N#Cc1ccc(CCOc2cccc3ccccc23)cc1. The first-order valence-corrected chi connectivity index (χ1v) is 6.96. The zero-order chi connectivity index (χ0) is 14.5. The third-order valence-electron chi connectivity index (χ3n) is 3.48. The normalized spacial score (nSPS) is 10.2. The summed E-state index contributed by atoms with van der Waals surface area (Å²) >= 11 is 0. The number of nitrogens with zero attached hydrogens (tertiary/aromatic N) is 1. The Labute approximate surface area is 124 Å². The van der Waals surface area contributed by atoms with Crippen LogP contribution >= 0.6 is 0 Å². The Morgan fingerprint density at radius 2 is 1.62 bits per heavy atom. The van der Waals surface area contributed by atoms with Crippen molar-refractivity contribution in [3.8, 4) is 11.8 Å². The van der Waals surface area contributed by atoms with Gasteiger partial charge >= 0.3 is 0 Å². The van der Waals surface area contributed by atoms with E-state index in [0.717, 1.165) is 17.6 Å². The molecule has 2 nitrogen and oxygen atoms in total. The molecule has 0 spiro atoms. The molecule has 0 N–H and O–H groups in total. The highest BCUT2D eigenvalue weighted by Crippen LogP contribution is 2.25.